The van der Waals surface area contributed by atoms with Crippen LogP contribution in [0.25, 0.3) is 0 Å². The number of halogens is 1. The first-order valence-electron chi connectivity index (χ1n) is 8.14. The van der Waals surface area contributed by atoms with Crippen LogP contribution >= 0.6 is 11.6 Å². The first-order chi connectivity index (χ1) is 13.2. The topological polar surface area (TPSA) is 127 Å². The molecule has 0 aromatic heterocycles. The van der Waals surface area contributed by atoms with Crippen molar-refractivity contribution >= 4 is 38.7 Å². The van der Waals surface area contributed by atoms with Gasteiger partial charge >= 0.3 is 0 Å². The molecule has 1 fully saturated rings. The molecule has 0 spiro atoms. The first-order valence-corrected chi connectivity index (χ1v) is 9.96. The van der Waals surface area contributed by atoms with Crippen LogP contribution in [-0.2, 0) is 10.0 Å². The molecule has 0 N–H and O–H groups in total. The molecule has 1 aliphatic heterocycles. The summed E-state index contributed by atoms with van der Waals surface area (Å²) in [6.07, 6.45) is 0. The highest BCUT2D eigenvalue weighted by Gasteiger charge is 2.32. The largest absolute Gasteiger partial charge is 0.363 e. The molecule has 2 aromatic rings. The van der Waals surface area contributed by atoms with E-state index in [1.165, 1.54) is 28.6 Å². The van der Waals surface area contributed by atoms with Gasteiger partial charge in [-0.05, 0) is 18.2 Å². The third-order valence-corrected chi connectivity index (χ3v) is 6.80. The maximum absolute atomic E-state index is 12.8. The maximum Gasteiger partial charge on any atom is 0.299 e. The Balaban J connectivity index is 1.82. The average molecular weight is 427 g/mol. The van der Waals surface area contributed by atoms with Crippen LogP contribution in [-0.4, -0.2) is 48.7 Å². The number of piperazine rings is 1. The fourth-order valence-corrected chi connectivity index (χ4v) is 4.92. The quantitative estimate of drug-likeness (QED) is 0.531. The van der Waals surface area contributed by atoms with Gasteiger partial charge in [-0.1, -0.05) is 23.7 Å². The van der Waals surface area contributed by atoms with Gasteiger partial charge in [0.05, 0.1) is 20.9 Å². The standard InChI is InChI=1S/C16H15ClN4O6S/c17-13-3-1-2-4-16(13)28(26,27)19-9-7-18(8-10-19)14-6-5-12(20(22)23)11-15(14)21(24)25/h1-6,11H,7-10H2. The zero-order valence-electron chi connectivity index (χ0n) is 14.4. The fourth-order valence-electron chi connectivity index (χ4n) is 3.00. The lowest BCUT2D eigenvalue weighted by molar-refractivity contribution is -0.393. The van der Waals surface area contributed by atoms with Gasteiger partial charge in [-0.2, -0.15) is 4.31 Å². The van der Waals surface area contributed by atoms with E-state index in [9.17, 15) is 28.6 Å². The van der Waals surface area contributed by atoms with Crippen LogP contribution in [0.4, 0.5) is 17.1 Å². The Labute approximate surface area is 165 Å². The molecule has 0 amide bonds. The third-order valence-electron chi connectivity index (χ3n) is 4.40. The van der Waals surface area contributed by atoms with E-state index in [1.807, 2.05) is 0 Å². The van der Waals surface area contributed by atoms with Gasteiger partial charge in [0.25, 0.3) is 11.4 Å². The molecule has 148 valence electrons. The van der Waals surface area contributed by atoms with Gasteiger partial charge in [0.1, 0.15) is 10.6 Å². The molecule has 1 saturated heterocycles. The monoisotopic (exact) mass is 426 g/mol. The molecule has 1 heterocycles. The average Bonchev–Trinajstić information content (AvgIpc) is 2.67. The molecule has 0 aliphatic carbocycles. The molecule has 3 rings (SSSR count). The smallest absolute Gasteiger partial charge is 0.299 e. The predicted molar refractivity (Wildman–Crippen MR) is 102 cm³/mol. The molecule has 28 heavy (non-hydrogen) atoms. The number of anilines is 1. The normalized spacial score (nSPS) is 15.4. The van der Waals surface area contributed by atoms with Crippen molar-refractivity contribution in [2.45, 2.75) is 4.90 Å². The second kappa shape index (κ2) is 7.70. The summed E-state index contributed by atoms with van der Waals surface area (Å²) in [5.41, 5.74) is -0.558. The van der Waals surface area contributed by atoms with Crippen molar-refractivity contribution in [1.82, 2.24) is 4.31 Å². The molecular formula is C16H15ClN4O6S. The minimum atomic E-state index is -3.79. The van der Waals surface area contributed by atoms with E-state index in [0.29, 0.717) is 0 Å². The Morgan fingerprint density at radius 2 is 1.57 bits per heavy atom. The molecule has 10 nitrogen and oxygen atoms in total. The number of hydrogen-bond acceptors (Lipinski definition) is 7. The molecule has 0 saturated carbocycles. The Morgan fingerprint density at radius 3 is 2.14 bits per heavy atom. The minimum absolute atomic E-state index is 0.00596. The molecule has 0 bridgehead atoms. The zero-order chi connectivity index (χ0) is 20.5. The summed E-state index contributed by atoms with van der Waals surface area (Å²) in [6, 6.07) is 9.53. The number of nitrogens with zero attached hydrogens (tertiary/aromatic N) is 4. The highest BCUT2D eigenvalue weighted by atomic mass is 35.5. The summed E-state index contributed by atoms with van der Waals surface area (Å²) in [6.45, 7) is 0.591. The molecular weight excluding hydrogens is 412 g/mol. The number of nitro groups is 2. The summed E-state index contributed by atoms with van der Waals surface area (Å²) in [7, 11) is -3.79. The van der Waals surface area contributed by atoms with E-state index in [0.717, 1.165) is 6.07 Å². The van der Waals surface area contributed by atoms with Gasteiger partial charge in [-0.25, -0.2) is 8.42 Å². The summed E-state index contributed by atoms with van der Waals surface area (Å²) in [5.74, 6) is 0. The highest BCUT2D eigenvalue weighted by molar-refractivity contribution is 7.89. The minimum Gasteiger partial charge on any atom is -0.363 e. The van der Waals surface area contributed by atoms with Crippen molar-refractivity contribution in [3.63, 3.8) is 0 Å². The van der Waals surface area contributed by atoms with E-state index < -0.39 is 25.6 Å². The first kappa shape index (κ1) is 20.0. The van der Waals surface area contributed by atoms with E-state index in [4.69, 9.17) is 11.6 Å². The second-order valence-electron chi connectivity index (χ2n) is 6.01. The van der Waals surface area contributed by atoms with Crippen LogP contribution in [0.2, 0.25) is 5.02 Å². The molecule has 2 aromatic carbocycles. The van der Waals surface area contributed by atoms with Gasteiger partial charge in [-0.3, -0.25) is 20.2 Å². The van der Waals surface area contributed by atoms with Gasteiger partial charge in [0, 0.05) is 32.2 Å². The van der Waals surface area contributed by atoms with Crippen LogP contribution in [0.1, 0.15) is 0 Å². The van der Waals surface area contributed by atoms with Gasteiger partial charge in [0.15, 0.2) is 0 Å². The summed E-state index contributed by atoms with van der Waals surface area (Å²) < 4.78 is 26.8. The number of sulfonamides is 1. The van der Waals surface area contributed by atoms with Crippen molar-refractivity contribution in [1.29, 1.82) is 0 Å². The van der Waals surface area contributed by atoms with E-state index in [2.05, 4.69) is 0 Å². The fraction of sp³-hybridized carbons (Fsp3) is 0.250. The summed E-state index contributed by atoms with van der Waals surface area (Å²) in [4.78, 5) is 22.4. The zero-order valence-corrected chi connectivity index (χ0v) is 16.0. The van der Waals surface area contributed by atoms with Gasteiger partial charge in [0.2, 0.25) is 10.0 Å². The number of benzene rings is 2. The molecule has 0 unspecified atom stereocenters. The van der Waals surface area contributed by atoms with Crippen molar-refractivity contribution in [2.24, 2.45) is 0 Å². The second-order valence-corrected chi connectivity index (χ2v) is 8.32. The SMILES string of the molecule is O=[N+]([O-])c1ccc(N2CCN(S(=O)(=O)c3ccccc3Cl)CC2)c([N+](=O)[O-])c1. The van der Waals surface area contributed by atoms with E-state index >= 15 is 0 Å². The number of nitro benzene ring substituents is 2. The Morgan fingerprint density at radius 1 is 0.929 bits per heavy atom. The van der Waals surface area contributed by atoms with Crippen LogP contribution in [0.3, 0.4) is 0 Å². The summed E-state index contributed by atoms with van der Waals surface area (Å²) in [5, 5.41) is 22.3. The van der Waals surface area contributed by atoms with Gasteiger partial charge < -0.3 is 4.90 Å². The lowest BCUT2D eigenvalue weighted by Crippen LogP contribution is -2.48. The molecule has 0 radical (unpaired) electrons. The van der Waals surface area contributed by atoms with Crippen LogP contribution in [0.15, 0.2) is 47.4 Å². The predicted octanol–water partition coefficient (Wildman–Crippen LogP) is 2.67. The lowest BCUT2D eigenvalue weighted by atomic mass is 10.2. The number of rotatable bonds is 5. The lowest BCUT2D eigenvalue weighted by Gasteiger charge is -2.35. The maximum atomic E-state index is 12.8. The van der Waals surface area contributed by atoms with Crippen molar-refractivity contribution in [3.8, 4) is 0 Å². The summed E-state index contributed by atoms with van der Waals surface area (Å²) >= 11 is 6.00. The van der Waals surface area contributed by atoms with Crippen LogP contribution < -0.4 is 4.90 Å². The molecule has 0 atom stereocenters. The molecule has 1 aliphatic rings. The van der Waals surface area contributed by atoms with Gasteiger partial charge in [-0.15, -0.1) is 0 Å². The van der Waals surface area contributed by atoms with E-state index in [-0.39, 0.29) is 47.5 Å². The van der Waals surface area contributed by atoms with Crippen molar-refractivity contribution < 1.29 is 18.3 Å². The van der Waals surface area contributed by atoms with Crippen LogP contribution in [0.5, 0.6) is 0 Å². The van der Waals surface area contributed by atoms with Crippen LogP contribution in [0, 0.1) is 20.2 Å². The van der Waals surface area contributed by atoms with Crippen molar-refractivity contribution in [3.05, 3.63) is 67.7 Å². The Kier molecular flexibility index (Phi) is 5.49. The third kappa shape index (κ3) is 3.77. The van der Waals surface area contributed by atoms with Crippen molar-refractivity contribution in [2.75, 3.05) is 31.1 Å². The number of hydrogen-bond donors (Lipinski definition) is 0. The number of non-ortho nitro benzene ring substituents is 1. The molecule has 12 heteroatoms. The Bertz CT molecular complexity index is 1040. The Hall–Kier alpha value is -2.76. The highest BCUT2D eigenvalue weighted by Crippen LogP contribution is 2.33. The van der Waals surface area contributed by atoms with E-state index in [1.54, 1.807) is 17.0 Å².